The van der Waals surface area contributed by atoms with Gasteiger partial charge in [-0.15, -0.1) is 0 Å². The van der Waals surface area contributed by atoms with Gasteiger partial charge in [-0.05, 0) is 16.7 Å². The number of rotatable bonds is 2. The van der Waals surface area contributed by atoms with Gasteiger partial charge in [-0.2, -0.15) is 0 Å². The molecule has 0 unspecified atom stereocenters. The van der Waals surface area contributed by atoms with E-state index in [1.165, 1.54) is 22.2 Å². The Balaban J connectivity index is 2.02. The largest absolute Gasteiger partial charge is 0.372 e. The summed E-state index contributed by atoms with van der Waals surface area (Å²) >= 11 is 5.80. The molecule has 0 N–H and O–H groups in total. The van der Waals surface area contributed by atoms with Crippen LogP contribution in [0.1, 0.15) is 16.7 Å². The van der Waals surface area contributed by atoms with Crippen molar-refractivity contribution in [2.24, 2.45) is 7.05 Å². The highest BCUT2D eigenvalue weighted by Gasteiger charge is 2.13. The first-order valence-electron chi connectivity index (χ1n) is 6.21. The Hall–Kier alpha value is -1.85. The molecule has 3 rings (SSSR count). The van der Waals surface area contributed by atoms with Crippen LogP contribution in [0.2, 0.25) is 5.15 Å². The molecule has 5 nitrogen and oxygen atoms in total. The van der Waals surface area contributed by atoms with Gasteiger partial charge in [0.1, 0.15) is 5.15 Å². The van der Waals surface area contributed by atoms with Gasteiger partial charge in [0.2, 0.25) is 0 Å². The molecule has 0 aliphatic carbocycles. The lowest BCUT2D eigenvalue weighted by molar-refractivity contribution is 0.134. The number of hydrogen-bond donors (Lipinski definition) is 0. The molecule has 0 fully saturated rings. The predicted molar refractivity (Wildman–Crippen MR) is 75.0 cm³/mol. The number of halogens is 1. The summed E-state index contributed by atoms with van der Waals surface area (Å²) in [5, 5.41) is 0.138. The van der Waals surface area contributed by atoms with Crippen molar-refractivity contribution in [2.45, 2.75) is 19.8 Å². The molecular formula is C14H13ClN2O3. The third-order valence-electron chi connectivity index (χ3n) is 3.47. The summed E-state index contributed by atoms with van der Waals surface area (Å²) in [6.45, 7) is 1.44. The van der Waals surface area contributed by atoms with E-state index in [0.717, 1.165) is 16.7 Å². The summed E-state index contributed by atoms with van der Waals surface area (Å²) in [5.41, 5.74) is 2.36. The lowest BCUT2D eigenvalue weighted by Crippen LogP contribution is -2.38. The first kappa shape index (κ1) is 13.1. The Labute approximate surface area is 120 Å². The SMILES string of the molecule is Cn1c(Cl)cc(=O)n(Cc2ccc3c(c2)COC3)c1=O. The fourth-order valence-corrected chi connectivity index (χ4v) is 2.46. The first-order valence-corrected chi connectivity index (χ1v) is 6.59. The predicted octanol–water partition coefficient (Wildman–Crippen LogP) is 1.28. The maximum Gasteiger partial charge on any atom is 0.332 e. The zero-order chi connectivity index (χ0) is 14.3. The maximum absolute atomic E-state index is 12.1. The summed E-state index contributed by atoms with van der Waals surface area (Å²) < 4.78 is 7.77. The minimum Gasteiger partial charge on any atom is -0.372 e. The summed E-state index contributed by atoms with van der Waals surface area (Å²) in [5.74, 6) is 0. The highest BCUT2D eigenvalue weighted by molar-refractivity contribution is 6.29. The van der Waals surface area contributed by atoms with Crippen LogP contribution in [0.25, 0.3) is 0 Å². The Morgan fingerprint density at radius 3 is 2.75 bits per heavy atom. The fraction of sp³-hybridized carbons (Fsp3) is 0.286. The number of ether oxygens (including phenoxy) is 1. The Kier molecular flexibility index (Phi) is 3.23. The third kappa shape index (κ3) is 2.19. The number of nitrogens with zero attached hydrogens (tertiary/aromatic N) is 2. The summed E-state index contributed by atoms with van der Waals surface area (Å²) in [7, 11) is 1.54. The summed E-state index contributed by atoms with van der Waals surface area (Å²) in [4.78, 5) is 24.0. The van der Waals surface area contributed by atoms with Crippen molar-refractivity contribution < 1.29 is 4.74 Å². The van der Waals surface area contributed by atoms with Crippen molar-refractivity contribution >= 4 is 11.6 Å². The summed E-state index contributed by atoms with van der Waals surface area (Å²) in [6, 6.07) is 7.11. The van der Waals surface area contributed by atoms with E-state index < -0.39 is 11.2 Å². The highest BCUT2D eigenvalue weighted by atomic mass is 35.5. The number of hydrogen-bond acceptors (Lipinski definition) is 3. The minimum absolute atomic E-state index is 0.138. The van der Waals surface area contributed by atoms with Crippen LogP contribution in [0, 0.1) is 0 Å². The van der Waals surface area contributed by atoms with E-state index in [4.69, 9.17) is 16.3 Å². The van der Waals surface area contributed by atoms with Crippen molar-refractivity contribution in [3.63, 3.8) is 0 Å². The molecular weight excluding hydrogens is 280 g/mol. The molecule has 0 amide bonds. The molecule has 104 valence electrons. The second kappa shape index (κ2) is 4.92. The van der Waals surface area contributed by atoms with E-state index in [0.29, 0.717) is 13.2 Å². The first-order chi connectivity index (χ1) is 9.56. The van der Waals surface area contributed by atoms with Gasteiger partial charge < -0.3 is 4.74 Å². The molecule has 0 saturated heterocycles. The normalized spacial score (nSPS) is 13.5. The standard InChI is InChI=1S/C14H13ClN2O3/c1-16-12(15)5-13(18)17(14(16)19)6-9-2-3-10-7-20-8-11(10)4-9/h2-5H,6-8H2,1H3. The van der Waals surface area contributed by atoms with Gasteiger partial charge in [-0.1, -0.05) is 29.8 Å². The van der Waals surface area contributed by atoms with Gasteiger partial charge in [0.15, 0.2) is 0 Å². The smallest absolute Gasteiger partial charge is 0.332 e. The van der Waals surface area contributed by atoms with Crippen LogP contribution >= 0.6 is 11.6 Å². The lowest BCUT2D eigenvalue weighted by Gasteiger charge is -2.09. The highest BCUT2D eigenvalue weighted by Crippen LogP contribution is 2.20. The number of fused-ring (bicyclic) bond motifs is 1. The molecule has 0 saturated carbocycles. The molecule has 20 heavy (non-hydrogen) atoms. The quantitative estimate of drug-likeness (QED) is 0.784. The lowest BCUT2D eigenvalue weighted by atomic mass is 10.1. The van der Waals surface area contributed by atoms with E-state index in [1.54, 1.807) is 0 Å². The second-order valence-electron chi connectivity index (χ2n) is 4.83. The maximum atomic E-state index is 12.1. The molecule has 1 aromatic heterocycles. The van der Waals surface area contributed by atoms with Gasteiger partial charge in [0.25, 0.3) is 5.56 Å². The van der Waals surface area contributed by atoms with E-state index in [1.807, 2.05) is 18.2 Å². The molecule has 2 aromatic rings. The summed E-state index contributed by atoms with van der Waals surface area (Å²) in [6.07, 6.45) is 0. The Morgan fingerprint density at radius 1 is 1.20 bits per heavy atom. The van der Waals surface area contributed by atoms with Gasteiger partial charge in [0.05, 0.1) is 19.8 Å². The van der Waals surface area contributed by atoms with Crippen LogP contribution < -0.4 is 11.2 Å². The van der Waals surface area contributed by atoms with Crippen molar-refractivity contribution in [2.75, 3.05) is 0 Å². The minimum atomic E-state index is -0.417. The van der Waals surface area contributed by atoms with E-state index >= 15 is 0 Å². The third-order valence-corrected chi connectivity index (χ3v) is 3.84. The van der Waals surface area contributed by atoms with Gasteiger partial charge in [-0.25, -0.2) is 4.79 Å². The van der Waals surface area contributed by atoms with Gasteiger partial charge in [-0.3, -0.25) is 13.9 Å². The van der Waals surface area contributed by atoms with E-state index in [2.05, 4.69) is 0 Å². The Morgan fingerprint density at radius 2 is 1.95 bits per heavy atom. The second-order valence-corrected chi connectivity index (χ2v) is 5.22. The van der Waals surface area contributed by atoms with Crippen molar-refractivity contribution in [3.8, 4) is 0 Å². The average molecular weight is 293 g/mol. The van der Waals surface area contributed by atoms with Crippen molar-refractivity contribution in [1.82, 2.24) is 9.13 Å². The van der Waals surface area contributed by atoms with Crippen LogP contribution in [0.15, 0.2) is 33.9 Å². The molecule has 0 atom stereocenters. The van der Waals surface area contributed by atoms with E-state index in [-0.39, 0.29) is 11.7 Å². The fourth-order valence-electron chi connectivity index (χ4n) is 2.30. The van der Waals surface area contributed by atoms with Gasteiger partial charge in [0, 0.05) is 13.1 Å². The molecule has 1 aliphatic rings. The molecule has 6 heteroatoms. The van der Waals surface area contributed by atoms with Crippen LogP contribution in [-0.2, 0) is 31.5 Å². The molecule has 0 radical (unpaired) electrons. The average Bonchev–Trinajstić information content (AvgIpc) is 2.88. The van der Waals surface area contributed by atoms with Crippen molar-refractivity contribution in [3.05, 3.63) is 66.9 Å². The monoisotopic (exact) mass is 292 g/mol. The zero-order valence-electron chi connectivity index (χ0n) is 10.9. The zero-order valence-corrected chi connectivity index (χ0v) is 11.7. The van der Waals surface area contributed by atoms with Crippen LogP contribution in [-0.4, -0.2) is 9.13 Å². The molecule has 1 aliphatic heterocycles. The number of aromatic nitrogens is 2. The topological polar surface area (TPSA) is 53.2 Å². The van der Waals surface area contributed by atoms with E-state index in [9.17, 15) is 9.59 Å². The number of benzene rings is 1. The molecule has 0 bridgehead atoms. The van der Waals surface area contributed by atoms with Crippen LogP contribution in [0.4, 0.5) is 0 Å². The van der Waals surface area contributed by atoms with Crippen LogP contribution in [0.3, 0.4) is 0 Å². The molecule has 0 spiro atoms. The van der Waals surface area contributed by atoms with Gasteiger partial charge >= 0.3 is 5.69 Å². The van der Waals surface area contributed by atoms with Crippen molar-refractivity contribution in [1.29, 1.82) is 0 Å². The Bertz CT molecular complexity index is 792. The van der Waals surface area contributed by atoms with Crippen LogP contribution in [0.5, 0.6) is 0 Å². The molecule has 1 aromatic carbocycles. The molecule has 2 heterocycles.